The average molecular weight is 792 g/mol. The van der Waals surface area contributed by atoms with Crippen molar-refractivity contribution in [2.75, 3.05) is 56.4 Å². The normalized spacial score (nSPS) is 15.8. The van der Waals surface area contributed by atoms with Gasteiger partial charge in [0.05, 0.1) is 18.8 Å². The number of hydrogen-bond acceptors (Lipinski definition) is 14. The highest BCUT2D eigenvalue weighted by Gasteiger charge is 2.28. The Morgan fingerprint density at radius 3 is 2.26 bits per heavy atom. The van der Waals surface area contributed by atoms with E-state index >= 15 is 0 Å². The van der Waals surface area contributed by atoms with Crippen LogP contribution >= 0.6 is 15.6 Å². The van der Waals surface area contributed by atoms with Gasteiger partial charge < -0.3 is 60.6 Å². The van der Waals surface area contributed by atoms with E-state index in [9.17, 15) is 18.7 Å². The highest BCUT2D eigenvalue weighted by molar-refractivity contribution is 7.60. The number of carbonyl (C=O) groups excluding carboxylic acids is 1. The van der Waals surface area contributed by atoms with E-state index in [1.807, 2.05) is 17.9 Å². The summed E-state index contributed by atoms with van der Waals surface area (Å²) in [6.07, 6.45) is 13.5. The number of nitrogens with one attached hydrogen (secondary N) is 5. The fraction of sp³-hybridized carbons (Fsp3) is 0.710. The topological polar surface area (TPSA) is 294 Å². The lowest BCUT2D eigenvalue weighted by Crippen LogP contribution is -2.43. The lowest BCUT2D eigenvalue weighted by Gasteiger charge is -2.32. The Hall–Kier alpha value is -3.03. The summed E-state index contributed by atoms with van der Waals surface area (Å²) in [5.41, 5.74) is 1.80. The summed E-state index contributed by atoms with van der Waals surface area (Å²) in [4.78, 5) is 69.6. The van der Waals surface area contributed by atoms with Gasteiger partial charge in [-0.05, 0) is 71.5 Å². The van der Waals surface area contributed by atoms with E-state index in [0.717, 1.165) is 75.0 Å². The predicted molar refractivity (Wildman–Crippen MR) is 195 cm³/mol. The number of piperidine rings is 1. The Morgan fingerprint density at radius 2 is 1.60 bits per heavy atom. The molecule has 20 nitrogen and oxygen atoms in total. The van der Waals surface area contributed by atoms with Gasteiger partial charge in [-0.2, -0.15) is 9.29 Å². The number of oxazole rings is 1. The van der Waals surface area contributed by atoms with Gasteiger partial charge in [0.15, 0.2) is 0 Å². The van der Waals surface area contributed by atoms with Crippen LogP contribution < -0.4 is 26.6 Å². The summed E-state index contributed by atoms with van der Waals surface area (Å²) in [5.74, 6) is 0.984. The molecular formula is C31H55N9O11P2. The van der Waals surface area contributed by atoms with Crippen molar-refractivity contribution in [2.45, 2.75) is 96.2 Å². The summed E-state index contributed by atoms with van der Waals surface area (Å²) in [6, 6.07) is 2.85. The van der Waals surface area contributed by atoms with Crippen molar-refractivity contribution in [3.8, 4) is 0 Å². The number of hydrogen-bond donors (Lipinski definition) is 10. The number of aromatic nitrogens is 3. The zero-order valence-corrected chi connectivity index (χ0v) is 31.9. The lowest BCUT2D eigenvalue weighted by atomic mass is 9.95. The average Bonchev–Trinajstić information content (AvgIpc) is 3.54. The van der Waals surface area contributed by atoms with Crippen molar-refractivity contribution in [3.05, 3.63) is 29.6 Å². The van der Waals surface area contributed by atoms with E-state index < -0.39 is 21.6 Å². The number of likely N-dealkylation sites (tertiary alicyclic amines) is 1. The molecule has 0 atom stereocenters. The quantitative estimate of drug-likeness (QED) is 0.0638. The van der Waals surface area contributed by atoms with Gasteiger partial charge in [0, 0.05) is 49.9 Å². The largest absolute Gasteiger partial charge is 0.480 e. The lowest BCUT2D eigenvalue weighted by molar-refractivity contribution is -0.136. The van der Waals surface area contributed by atoms with E-state index in [4.69, 9.17) is 29.1 Å². The van der Waals surface area contributed by atoms with Crippen LogP contribution in [0.25, 0.3) is 0 Å². The van der Waals surface area contributed by atoms with Crippen LogP contribution in [0.1, 0.15) is 81.5 Å². The minimum Gasteiger partial charge on any atom is -0.480 e. The molecule has 0 spiro atoms. The molecule has 53 heavy (non-hydrogen) atoms. The first-order chi connectivity index (χ1) is 25.1. The molecule has 1 aliphatic carbocycles. The number of aryl methyl sites for hydroxylation is 2. The smallest absolute Gasteiger partial charge is 0.478 e. The molecule has 0 aromatic carbocycles. The fourth-order valence-corrected chi connectivity index (χ4v) is 7.05. The van der Waals surface area contributed by atoms with Gasteiger partial charge in [-0.1, -0.05) is 19.3 Å². The molecule has 1 aliphatic heterocycles. The van der Waals surface area contributed by atoms with Crippen LogP contribution in [-0.4, -0.2) is 114 Å². The molecule has 4 rings (SSSR count). The monoisotopic (exact) mass is 791 g/mol. The highest BCUT2D eigenvalue weighted by atomic mass is 31.3. The standard InChI is InChI=1S/C31H51N9O4.H4O7P2/c1-23-19-27(37-25-11-17-40(18-12-25)29(41)10-16-33-21-30(42)43)39-31(36-23)35-20-28-38-26(22-44-28)9-5-13-32-14-6-15-34-24-7-3-2-4-8-24;1-8(2,3)7-9(4,5)6/h19,22,24-25,32-34H,2-18,20-21H2,1H3,(H,42,43)(H2,35,36,37,39);(H2,1,2,3)(H2,4,5,6). The molecule has 2 aromatic heterocycles. The van der Waals surface area contributed by atoms with Gasteiger partial charge in [0.2, 0.25) is 17.7 Å². The summed E-state index contributed by atoms with van der Waals surface area (Å²) in [6.45, 7) is 6.98. The van der Waals surface area contributed by atoms with Crippen molar-refractivity contribution in [3.63, 3.8) is 0 Å². The molecule has 1 saturated carbocycles. The molecule has 1 amide bonds. The van der Waals surface area contributed by atoms with Gasteiger partial charge >= 0.3 is 21.6 Å². The Kier molecular flexibility index (Phi) is 19.3. The Labute approximate surface area is 309 Å². The van der Waals surface area contributed by atoms with Crippen LogP contribution in [0.3, 0.4) is 0 Å². The molecule has 3 heterocycles. The van der Waals surface area contributed by atoms with E-state index in [2.05, 4.69) is 45.8 Å². The minimum absolute atomic E-state index is 0.0464. The molecule has 2 aliphatic rings. The van der Waals surface area contributed by atoms with Crippen LogP contribution in [0.15, 0.2) is 16.7 Å². The van der Waals surface area contributed by atoms with E-state index in [1.165, 1.54) is 32.1 Å². The van der Waals surface area contributed by atoms with Gasteiger partial charge in [0.25, 0.3) is 0 Å². The van der Waals surface area contributed by atoms with Crippen LogP contribution in [-0.2, 0) is 36.0 Å². The first-order valence-corrected chi connectivity index (χ1v) is 21.0. The van der Waals surface area contributed by atoms with Crippen molar-refractivity contribution < 1.29 is 52.1 Å². The minimum atomic E-state index is -5.05. The van der Waals surface area contributed by atoms with Crippen LogP contribution in [0, 0.1) is 6.92 Å². The predicted octanol–water partition coefficient (Wildman–Crippen LogP) is 1.88. The Balaban J connectivity index is 0.000000743. The number of phosphoric acid groups is 2. The molecule has 0 radical (unpaired) electrons. The SMILES string of the molecule is Cc1cc(NC2CCN(C(=O)CCNCC(=O)O)CC2)nc(NCc2nc(CCCNCCCNC3CCCCC3)co2)n1.O=P(O)(O)OP(=O)(O)O. The number of carboxylic acid groups (broad SMARTS) is 1. The van der Waals surface area contributed by atoms with Gasteiger partial charge in [0.1, 0.15) is 12.1 Å². The maximum absolute atomic E-state index is 12.4. The molecule has 0 unspecified atom stereocenters. The maximum Gasteiger partial charge on any atom is 0.478 e. The fourth-order valence-electron chi connectivity index (χ4n) is 5.94. The number of carboxylic acids is 1. The van der Waals surface area contributed by atoms with E-state index in [1.54, 1.807) is 6.26 Å². The molecule has 10 N–H and O–H groups in total. The number of rotatable bonds is 21. The molecule has 2 fully saturated rings. The number of anilines is 2. The van der Waals surface area contributed by atoms with Gasteiger partial charge in [-0.15, -0.1) is 0 Å². The number of aliphatic carboxylic acids is 1. The third kappa shape index (κ3) is 20.3. The second kappa shape index (κ2) is 23.0. The van der Waals surface area contributed by atoms with Gasteiger partial charge in [-0.3, -0.25) is 9.59 Å². The first-order valence-electron chi connectivity index (χ1n) is 17.9. The molecule has 300 valence electrons. The molecular weight excluding hydrogens is 736 g/mol. The van der Waals surface area contributed by atoms with Crippen LogP contribution in [0.4, 0.5) is 11.8 Å². The van der Waals surface area contributed by atoms with Gasteiger partial charge in [-0.25, -0.2) is 19.1 Å². The third-order valence-electron chi connectivity index (χ3n) is 8.41. The van der Waals surface area contributed by atoms with E-state index in [0.29, 0.717) is 44.4 Å². The second-order valence-corrected chi connectivity index (χ2v) is 15.6. The molecule has 1 saturated heterocycles. The van der Waals surface area contributed by atoms with Crippen molar-refractivity contribution in [1.82, 2.24) is 35.8 Å². The Bertz CT molecular complexity index is 1470. The molecule has 0 bridgehead atoms. The summed E-state index contributed by atoms with van der Waals surface area (Å²) in [5, 5.41) is 25.4. The van der Waals surface area contributed by atoms with E-state index in [-0.39, 0.29) is 18.5 Å². The third-order valence-corrected chi connectivity index (χ3v) is 10.1. The van der Waals surface area contributed by atoms with Crippen molar-refractivity contribution >= 4 is 39.3 Å². The maximum atomic E-state index is 12.4. The summed E-state index contributed by atoms with van der Waals surface area (Å²) in [7, 11) is -10.1. The van der Waals surface area contributed by atoms with Crippen LogP contribution in [0.2, 0.25) is 0 Å². The summed E-state index contributed by atoms with van der Waals surface area (Å²) >= 11 is 0. The van der Waals surface area contributed by atoms with Crippen LogP contribution in [0.5, 0.6) is 0 Å². The van der Waals surface area contributed by atoms with Crippen molar-refractivity contribution in [1.29, 1.82) is 0 Å². The zero-order valence-electron chi connectivity index (χ0n) is 30.1. The number of nitrogens with zero attached hydrogens (tertiary/aromatic N) is 4. The van der Waals surface area contributed by atoms with Crippen molar-refractivity contribution in [2.24, 2.45) is 0 Å². The number of carbonyl (C=O) groups is 2. The highest BCUT2D eigenvalue weighted by Crippen LogP contribution is 2.53. The summed E-state index contributed by atoms with van der Waals surface area (Å²) < 4.78 is 27.9. The second-order valence-electron chi connectivity index (χ2n) is 13.0. The molecule has 22 heteroatoms. The first kappa shape index (κ1) is 44.4. The molecule has 2 aromatic rings. The zero-order chi connectivity index (χ0) is 38.7. The number of amides is 1. The Morgan fingerprint density at radius 1 is 0.906 bits per heavy atom.